The Balaban J connectivity index is 2.52. The summed E-state index contributed by atoms with van der Waals surface area (Å²) in [4.78, 5) is 0. The van der Waals surface area contributed by atoms with E-state index in [2.05, 4.69) is 4.74 Å². The molecule has 0 saturated heterocycles. The SMILES string of the molecule is COc1cc(OC)c(C(F)(F)Oc2cc(F)c(F)c(F)c2)c(OC)c1. The van der Waals surface area contributed by atoms with Crippen LogP contribution in [0.1, 0.15) is 5.56 Å². The van der Waals surface area contributed by atoms with Gasteiger partial charge < -0.3 is 18.9 Å². The van der Waals surface area contributed by atoms with Gasteiger partial charge >= 0.3 is 6.11 Å². The molecule has 0 aliphatic carbocycles. The van der Waals surface area contributed by atoms with Gasteiger partial charge in [0, 0.05) is 24.3 Å². The van der Waals surface area contributed by atoms with Crippen molar-refractivity contribution in [2.45, 2.75) is 6.11 Å². The smallest absolute Gasteiger partial charge is 0.433 e. The highest BCUT2D eigenvalue weighted by Gasteiger charge is 2.42. The summed E-state index contributed by atoms with van der Waals surface area (Å²) in [6.45, 7) is 0. The summed E-state index contributed by atoms with van der Waals surface area (Å²) in [6.07, 6.45) is -4.11. The molecule has 9 heteroatoms. The van der Waals surface area contributed by atoms with E-state index >= 15 is 0 Å². The van der Waals surface area contributed by atoms with Gasteiger partial charge in [-0.3, -0.25) is 0 Å². The Bertz CT molecular complexity index is 731. The normalized spacial score (nSPS) is 11.2. The van der Waals surface area contributed by atoms with E-state index < -0.39 is 34.9 Å². The molecule has 0 fully saturated rings. The fourth-order valence-electron chi connectivity index (χ4n) is 2.08. The molecule has 25 heavy (non-hydrogen) atoms. The van der Waals surface area contributed by atoms with Gasteiger partial charge in [0.2, 0.25) is 0 Å². The van der Waals surface area contributed by atoms with Gasteiger partial charge in [0.1, 0.15) is 28.6 Å². The quantitative estimate of drug-likeness (QED) is 0.567. The van der Waals surface area contributed by atoms with Gasteiger partial charge in [-0.25, -0.2) is 13.2 Å². The summed E-state index contributed by atoms with van der Waals surface area (Å²) in [7, 11) is 3.57. The monoisotopic (exact) mass is 364 g/mol. The Hall–Kier alpha value is -2.71. The van der Waals surface area contributed by atoms with Crippen LogP contribution in [0.5, 0.6) is 23.0 Å². The van der Waals surface area contributed by atoms with Gasteiger partial charge in [-0.15, -0.1) is 0 Å². The molecule has 0 N–H and O–H groups in total. The van der Waals surface area contributed by atoms with Gasteiger partial charge in [-0.05, 0) is 0 Å². The first kappa shape index (κ1) is 18.6. The van der Waals surface area contributed by atoms with Crippen LogP contribution >= 0.6 is 0 Å². The van der Waals surface area contributed by atoms with Gasteiger partial charge in [0.25, 0.3) is 0 Å². The molecule has 2 rings (SSSR count). The standard InChI is InChI=1S/C16H13F5O4/c1-22-8-6-12(23-2)14(13(7-8)24-3)16(20,21)25-9-4-10(17)15(19)11(18)5-9/h4-7H,1-3H3. The number of alkyl halides is 2. The molecule has 0 amide bonds. The lowest BCUT2D eigenvalue weighted by Gasteiger charge is -2.23. The first-order valence-corrected chi connectivity index (χ1v) is 6.75. The lowest BCUT2D eigenvalue weighted by Crippen LogP contribution is -2.24. The molecule has 0 aliphatic rings. The van der Waals surface area contributed by atoms with E-state index in [1.165, 1.54) is 7.11 Å². The van der Waals surface area contributed by atoms with Crippen molar-refractivity contribution >= 4 is 0 Å². The van der Waals surface area contributed by atoms with Crippen LogP contribution in [0.2, 0.25) is 0 Å². The van der Waals surface area contributed by atoms with Crippen molar-refractivity contribution < 1.29 is 40.9 Å². The average molecular weight is 364 g/mol. The molecule has 0 atom stereocenters. The average Bonchev–Trinajstić information content (AvgIpc) is 2.57. The third kappa shape index (κ3) is 3.70. The molecular formula is C16H13F5O4. The van der Waals surface area contributed by atoms with Crippen molar-refractivity contribution in [2.24, 2.45) is 0 Å². The molecule has 136 valence electrons. The highest BCUT2D eigenvalue weighted by atomic mass is 19.3. The third-order valence-corrected chi connectivity index (χ3v) is 3.21. The van der Waals surface area contributed by atoms with Crippen LogP contribution in [-0.2, 0) is 6.11 Å². The van der Waals surface area contributed by atoms with Crippen LogP contribution in [0, 0.1) is 17.5 Å². The van der Waals surface area contributed by atoms with E-state index in [0.29, 0.717) is 12.1 Å². The van der Waals surface area contributed by atoms with Gasteiger partial charge in [-0.2, -0.15) is 8.78 Å². The second-order valence-corrected chi connectivity index (χ2v) is 4.73. The fourth-order valence-corrected chi connectivity index (χ4v) is 2.08. The van der Waals surface area contributed by atoms with Crippen LogP contribution in [0.3, 0.4) is 0 Å². The van der Waals surface area contributed by atoms with Crippen molar-refractivity contribution in [1.29, 1.82) is 0 Å². The lowest BCUT2D eigenvalue weighted by molar-refractivity contribution is -0.187. The first-order chi connectivity index (χ1) is 11.7. The molecule has 0 radical (unpaired) electrons. The number of halogens is 5. The molecule has 2 aromatic carbocycles. The zero-order chi connectivity index (χ0) is 18.8. The molecule has 0 saturated carbocycles. The maximum atomic E-state index is 14.6. The van der Waals surface area contributed by atoms with Crippen LogP contribution in [0.25, 0.3) is 0 Å². The number of ether oxygens (including phenoxy) is 4. The number of methoxy groups -OCH3 is 3. The van der Waals surface area contributed by atoms with E-state index in [-0.39, 0.29) is 17.2 Å². The highest BCUT2D eigenvalue weighted by molar-refractivity contribution is 5.52. The predicted octanol–water partition coefficient (Wildman–Crippen LogP) is 4.26. The van der Waals surface area contributed by atoms with E-state index in [1.807, 2.05) is 0 Å². The summed E-state index contributed by atoms with van der Waals surface area (Å²) in [5.41, 5.74) is -0.830. The second kappa shape index (κ2) is 7.04. The highest BCUT2D eigenvalue weighted by Crippen LogP contribution is 2.45. The number of hydrogen-bond donors (Lipinski definition) is 0. The molecule has 0 bridgehead atoms. The zero-order valence-corrected chi connectivity index (χ0v) is 13.3. The van der Waals surface area contributed by atoms with Crippen molar-refractivity contribution in [2.75, 3.05) is 21.3 Å². The summed E-state index contributed by atoms with van der Waals surface area (Å²) >= 11 is 0. The third-order valence-electron chi connectivity index (χ3n) is 3.21. The van der Waals surface area contributed by atoms with E-state index in [0.717, 1.165) is 26.4 Å². The maximum absolute atomic E-state index is 14.6. The summed E-state index contributed by atoms with van der Waals surface area (Å²) in [6, 6.07) is 2.91. The molecule has 4 nitrogen and oxygen atoms in total. The van der Waals surface area contributed by atoms with Crippen LogP contribution < -0.4 is 18.9 Å². The van der Waals surface area contributed by atoms with Gasteiger partial charge in [0.05, 0.1) is 21.3 Å². The molecular weight excluding hydrogens is 351 g/mol. The number of hydrogen-bond acceptors (Lipinski definition) is 4. The fraction of sp³-hybridized carbons (Fsp3) is 0.250. The van der Waals surface area contributed by atoms with Crippen molar-refractivity contribution in [1.82, 2.24) is 0 Å². The minimum absolute atomic E-state index is 0.173. The van der Waals surface area contributed by atoms with Gasteiger partial charge in [-0.1, -0.05) is 0 Å². The summed E-state index contributed by atoms with van der Waals surface area (Å²) in [5.74, 6) is -6.56. The number of benzene rings is 2. The topological polar surface area (TPSA) is 36.9 Å². The van der Waals surface area contributed by atoms with Crippen molar-refractivity contribution in [3.8, 4) is 23.0 Å². The Labute approximate surface area is 139 Å². The Morgan fingerprint density at radius 2 is 1.20 bits per heavy atom. The van der Waals surface area contributed by atoms with Gasteiger partial charge in [0.15, 0.2) is 17.5 Å². The maximum Gasteiger partial charge on any atom is 0.433 e. The van der Waals surface area contributed by atoms with E-state index in [4.69, 9.17) is 14.2 Å². The van der Waals surface area contributed by atoms with E-state index in [1.54, 1.807) is 0 Å². The Morgan fingerprint density at radius 3 is 1.60 bits per heavy atom. The predicted molar refractivity (Wildman–Crippen MR) is 76.9 cm³/mol. The molecule has 0 spiro atoms. The Kier molecular flexibility index (Phi) is 5.24. The largest absolute Gasteiger partial charge is 0.496 e. The minimum atomic E-state index is -4.11. The summed E-state index contributed by atoms with van der Waals surface area (Å²) < 4.78 is 87.6. The molecule has 0 heterocycles. The van der Waals surface area contributed by atoms with Crippen LogP contribution in [0.4, 0.5) is 22.0 Å². The van der Waals surface area contributed by atoms with E-state index in [9.17, 15) is 22.0 Å². The lowest BCUT2D eigenvalue weighted by atomic mass is 10.1. The van der Waals surface area contributed by atoms with Crippen LogP contribution in [-0.4, -0.2) is 21.3 Å². The van der Waals surface area contributed by atoms with Crippen LogP contribution in [0.15, 0.2) is 24.3 Å². The minimum Gasteiger partial charge on any atom is -0.496 e. The number of rotatable bonds is 6. The molecule has 2 aromatic rings. The first-order valence-electron chi connectivity index (χ1n) is 6.75. The molecule has 0 unspecified atom stereocenters. The molecule has 0 aliphatic heterocycles. The zero-order valence-electron chi connectivity index (χ0n) is 13.3. The van der Waals surface area contributed by atoms with Crippen molar-refractivity contribution in [3.63, 3.8) is 0 Å². The molecule has 0 aromatic heterocycles. The second-order valence-electron chi connectivity index (χ2n) is 4.73. The van der Waals surface area contributed by atoms with Crippen molar-refractivity contribution in [3.05, 3.63) is 47.3 Å². The Morgan fingerprint density at radius 1 is 0.720 bits per heavy atom. The summed E-state index contributed by atoms with van der Waals surface area (Å²) in [5, 5.41) is 0.